The zero-order valence-corrected chi connectivity index (χ0v) is 16.0. The fourth-order valence-electron chi connectivity index (χ4n) is 3.43. The standard InChI is InChI=1S/C20H25N3O4/c1-20(2,3)27-19(25)22-10-7-14(8-11-22)13-23-12-9-15-16(18(23)24)5-4-6-17(15)21-26/h4-6,9,12,14H,7-8,10-11,13H2,1-3H3. The minimum atomic E-state index is -0.498. The third kappa shape index (κ3) is 4.35. The lowest BCUT2D eigenvalue weighted by Crippen LogP contribution is -2.42. The van der Waals surface area contributed by atoms with Crippen molar-refractivity contribution in [2.75, 3.05) is 13.1 Å². The molecule has 0 N–H and O–H groups in total. The summed E-state index contributed by atoms with van der Waals surface area (Å²) in [4.78, 5) is 37.5. The van der Waals surface area contributed by atoms with Gasteiger partial charge in [0.1, 0.15) is 11.3 Å². The second-order valence-corrected chi connectivity index (χ2v) is 8.01. The van der Waals surface area contributed by atoms with E-state index in [2.05, 4.69) is 5.18 Å². The summed E-state index contributed by atoms with van der Waals surface area (Å²) in [5, 5.41) is 4.07. The third-order valence-corrected chi connectivity index (χ3v) is 4.81. The van der Waals surface area contributed by atoms with Gasteiger partial charge in [-0.25, -0.2) is 4.79 Å². The van der Waals surface area contributed by atoms with Gasteiger partial charge in [-0.3, -0.25) is 4.79 Å². The number of carbonyl (C=O) groups is 1. The minimum Gasteiger partial charge on any atom is -0.444 e. The maximum atomic E-state index is 12.7. The lowest BCUT2D eigenvalue weighted by atomic mass is 9.97. The Bertz CT molecular complexity index is 906. The van der Waals surface area contributed by atoms with Crippen LogP contribution in [-0.2, 0) is 11.3 Å². The number of rotatable bonds is 3. The zero-order valence-electron chi connectivity index (χ0n) is 16.0. The number of benzene rings is 1. The molecule has 7 heteroatoms. The van der Waals surface area contributed by atoms with Gasteiger partial charge in [0.2, 0.25) is 0 Å². The molecule has 1 amide bonds. The number of ether oxygens (including phenoxy) is 1. The molecule has 3 rings (SSSR count). The SMILES string of the molecule is CC(C)(C)OC(=O)N1CCC(Cn2ccc3c(N=O)cccc3c2=O)CC1. The van der Waals surface area contributed by atoms with Crippen LogP contribution >= 0.6 is 0 Å². The van der Waals surface area contributed by atoms with Crippen molar-refractivity contribution in [3.63, 3.8) is 0 Å². The third-order valence-electron chi connectivity index (χ3n) is 4.81. The maximum absolute atomic E-state index is 12.7. The molecule has 2 heterocycles. The van der Waals surface area contributed by atoms with Gasteiger partial charge in [-0.2, -0.15) is 0 Å². The molecule has 1 fully saturated rings. The highest BCUT2D eigenvalue weighted by molar-refractivity contribution is 5.91. The number of hydrogen-bond acceptors (Lipinski definition) is 5. The van der Waals surface area contributed by atoms with E-state index in [9.17, 15) is 14.5 Å². The Labute approximate surface area is 157 Å². The van der Waals surface area contributed by atoms with Gasteiger partial charge in [0.25, 0.3) is 5.56 Å². The van der Waals surface area contributed by atoms with Crippen LogP contribution in [0.5, 0.6) is 0 Å². The predicted molar refractivity (Wildman–Crippen MR) is 104 cm³/mol. The second-order valence-electron chi connectivity index (χ2n) is 8.01. The van der Waals surface area contributed by atoms with E-state index in [0.717, 1.165) is 12.8 Å². The van der Waals surface area contributed by atoms with Gasteiger partial charge in [-0.05, 0) is 62.9 Å². The molecule has 0 radical (unpaired) electrons. The van der Waals surface area contributed by atoms with Crippen molar-refractivity contribution in [3.8, 4) is 0 Å². The molecule has 1 aliphatic heterocycles. The lowest BCUT2D eigenvalue weighted by Gasteiger charge is -2.33. The first kappa shape index (κ1) is 19.1. The summed E-state index contributed by atoms with van der Waals surface area (Å²) in [6.45, 7) is 7.41. The van der Waals surface area contributed by atoms with Gasteiger partial charge in [-0.15, -0.1) is 4.91 Å². The summed E-state index contributed by atoms with van der Waals surface area (Å²) in [6.07, 6.45) is 3.08. The fourth-order valence-corrected chi connectivity index (χ4v) is 3.43. The first-order valence-corrected chi connectivity index (χ1v) is 9.22. The van der Waals surface area contributed by atoms with Crippen molar-refractivity contribution in [2.45, 2.75) is 45.8 Å². The Kier molecular flexibility index (Phi) is 5.30. The van der Waals surface area contributed by atoms with E-state index in [0.29, 0.717) is 36.3 Å². The van der Waals surface area contributed by atoms with Crippen LogP contribution in [0.4, 0.5) is 10.5 Å². The number of fused-ring (bicyclic) bond motifs is 1. The zero-order chi connectivity index (χ0) is 19.6. The molecule has 0 unspecified atom stereocenters. The Balaban J connectivity index is 1.67. The summed E-state index contributed by atoms with van der Waals surface area (Å²) in [5.41, 5.74) is -0.336. The summed E-state index contributed by atoms with van der Waals surface area (Å²) in [6, 6.07) is 6.76. The van der Waals surface area contributed by atoms with Crippen LogP contribution in [0.2, 0.25) is 0 Å². The number of piperidine rings is 1. The van der Waals surface area contributed by atoms with Crippen LogP contribution in [0.3, 0.4) is 0 Å². The molecule has 1 aliphatic rings. The fraction of sp³-hybridized carbons (Fsp3) is 0.500. The van der Waals surface area contributed by atoms with Crippen molar-refractivity contribution in [2.24, 2.45) is 11.1 Å². The summed E-state index contributed by atoms with van der Waals surface area (Å²) in [5.74, 6) is 0.311. The van der Waals surface area contributed by atoms with Gasteiger partial charge in [0, 0.05) is 36.6 Å². The Morgan fingerprint density at radius 3 is 2.52 bits per heavy atom. The van der Waals surface area contributed by atoms with Gasteiger partial charge < -0.3 is 14.2 Å². The molecule has 7 nitrogen and oxygen atoms in total. The van der Waals surface area contributed by atoms with Crippen molar-refractivity contribution < 1.29 is 9.53 Å². The molecule has 2 aromatic rings. The highest BCUT2D eigenvalue weighted by Crippen LogP contribution is 2.24. The summed E-state index contributed by atoms with van der Waals surface area (Å²) >= 11 is 0. The Hall–Kier alpha value is -2.70. The topological polar surface area (TPSA) is 81.0 Å². The number of pyridine rings is 1. The normalized spacial score (nSPS) is 15.7. The molecule has 144 valence electrons. The van der Waals surface area contributed by atoms with E-state index in [1.807, 2.05) is 20.8 Å². The lowest BCUT2D eigenvalue weighted by molar-refractivity contribution is 0.0178. The molecule has 0 aliphatic carbocycles. The number of carbonyl (C=O) groups excluding carboxylic acids is 1. The van der Waals surface area contributed by atoms with Crippen LogP contribution in [-0.4, -0.2) is 34.3 Å². The number of amides is 1. The van der Waals surface area contributed by atoms with E-state index in [1.165, 1.54) is 0 Å². The first-order chi connectivity index (χ1) is 12.8. The van der Waals surface area contributed by atoms with E-state index in [-0.39, 0.29) is 17.3 Å². The molecule has 1 aromatic heterocycles. The van der Waals surface area contributed by atoms with Crippen LogP contribution in [0.15, 0.2) is 40.4 Å². The average Bonchev–Trinajstić information content (AvgIpc) is 2.63. The Morgan fingerprint density at radius 2 is 1.89 bits per heavy atom. The number of likely N-dealkylation sites (tertiary alicyclic amines) is 1. The monoisotopic (exact) mass is 371 g/mol. The largest absolute Gasteiger partial charge is 0.444 e. The molecule has 1 saturated heterocycles. The molecular formula is C20H25N3O4. The smallest absolute Gasteiger partial charge is 0.410 e. The molecular weight excluding hydrogens is 346 g/mol. The van der Waals surface area contributed by atoms with Crippen LogP contribution < -0.4 is 5.56 Å². The van der Waals surface area contributed by atoms with Crippen molar-refractivity contribution in [1.29, 1.82) is 0 Å². The molecule has 0 saturated carbocycles. The second kappa shape index (κ2) is 7.50. The van der Waals surface area contributed by atoms with Gasteiger partial charge in [0.05, 0.1) is 0 Å². The first-order valence-electron chi connectivity index (χ1n) is 9.22. The van der Waals surface area contributed by atoms with Crippen LogP contribution in [0, 0.1) is 10.8 Å². The molecule has 0 bridgehead atoms. The van der Waals surface area contributed by atoms with E-state index in [4.69, 9.17) is 4.74 Å². The van der Waals surface area contributed by atoms with Crippen molar-refractivity contribution in [3.05, 3.63) is 45.7 Å². The molecule has 0 spiro atoms. The van der Waals surface area contributed by atoms with E-state index in [1.54, 1.807) is 39.9 Å². The summed E-state index contributed by atoms with van der Waals surface area (Å²) in [7, 11) is 0. The number of nitroso groups, excluding NO2 is 1. The maximum Gasteiger partial charge on any atom is 0.410 e. The highest BCUT2D eigenvalue weighted by atomic mass is 16.6. The highest BCUT2D eigenvalue weighted by Gasteiger charge is 2.27. The van der Waals surface area contributed by atoms with E-state index < -0.39 is 5.60 Å². The molecule has 27 heavy (non-hydrogen) atoms. The van der Waals surface area contributed by atoms with Gasteiger partial charge >= 0.3 is 6.09 Å². The summed E-state index contributed by atoms with van der Waals surface area (Å²) < 4.78 is 7.10. The minimum absolute atomic E-state index is 0.118. The molecule has 1 aromatic carbocycles. The number of nitrogens with zero attached hydrogens (tertiary/aromatic N) is 3. The van der Waals surface area contributed by atoms with Crippen LogP contribution in [0.1, 0.15) is 33.6 Å². The van der Waals surface area contributed by atoms with E-state index >= 15 is 0 Å². The quantitative estimate of drug-likeness (QED) is 0.762. The number of aromatic nitrogens is 1. The van der Waals surface area contributed by atoms with Gasteiger partial charge in [-0.1, -0.05) is 6.07 Å². The Morgan fingerprint density at radius 1 is 1.19 bits per heavy atom. The van der Waals surface area contributed by atoms with Gasteiger partial charge in [0.15, 0.2) is 0 Å². The number of hydrogen-bond donors (Lipinski definition) is 0. The van der Waals surface area contributed by atoms with Crippen molar-refractivity contribution in [1.82, 2.24) is 9.47 Å². The molecule has 0 atom stereocenters. The van der Waals surface area contributed by atoms with Crippen LogP contribution in [0.25, 0.3) is 10.8 Å². The van der Waals surface area contributed by atoms with Crippen molar-refractivity contribution >= 4 is 22.6 Å². The average molecular weight is 371 g/mol. The predicted octanol–water partition coefficient (Wildman–Crippen LogP) is 4.05.